The van der Waals surface area contributed by atoms with E-state index in [1.165, 1.54) is 19.3 Å². The molecule has 0 amide bonds. The number of carbonyl (C=O) groups is 1. The SMILES string of the molecule is C[C@@H]1CCC[C@H]2[C@@H]1C(=O)CCC2(C)C. The van der Waals surface area contributed by atoms with E-state index in [-0.39, 0.29) is 0 Å². The van der Waals surface area contributed by atoms with E-state index in [0.717, 1.165) is 12.8 Å². The molecule has 0 aromatic heterocycles. The van der Waals surface area contributed by atoms with Gasteiger partial charge >= 0.3 is 0 Å². The van der Waals surface area contributed by atoms with Gasteiger partial charge in [-0.3, -0.25) is 4.79 Å². The van der Waals surface area contributed by atoms with Gasteiger partial charge in [0.1, 0.15) is 5.78 Å². The predicted octanol–water partition coefficient (Wildman–Crippen LogP) is 3.43. The summed E-state index contributed by atoms with van der Waals surface area (Å²) in [4.78, 5) is 11.9. The zero-order valence-electron chi connectivity index (χ0n) is 9.68. The fourth-order valence-corrected chi connectivity index (χ4v) is 3.63. The van der Waals surface area contributed by atoms with Crippen molar-refractivity contribution >= 4 is 5.78 Å². The van der Waals surface area contributed by atoms with Crippen LogP contribution in [-0.4, -0.2) is 5.78 Å². The Balaban J connectivity index is 2.25. The molecular formula is C13H22O. The molecule has 0 aromatic rings. The summed E-state index contributed by atoms with van der Waals surface area (Å²) in [6, 6.07) is 0. The minimum atomic E-state index is 0.396. The summed E-state index contributed by atoms with van der Waals surface area (Å²) in [7, 11) is 0. The van der Waals surface area contributed by atoms with Crippen molar-refractivity contribution in [3.05, 3.63) is 0 Å². The lowest BCUT2D eigenvalue weighted by atomic mass is 9.56. The Kier molecular flexibility index (Phi) is 2.45. The monoisotopic (exact) mass is 194 g/mol. The van der Waals surface area contributed by atoms with E-state index < -0.39 is 0 Å². The molecule has 0 aromatic carbocycles. The molecule has 0 radical (unpaired) electrons. The minimum Gasteiger partial charge on any atom is -0.299 e. The van der Waals surface area contributed by atoms with Crippen LogP contribution in [0.2, 0.25) is 0 Å². The van der Waals surface area contributed by atoms with Crippen LogP contribution >= 0.6 is 0 Å². The number of hydrogen-bond acceptors (Lipinski definition) is 1. The van der Waals surface area contributed by atoms with Crippen molar-refractivity contribution in [3.8, 4) is 0 Å². The van der Waals surface area contributed by atoms with E-state index in [1.807, 2.05) is 0 Å². The summed E-state index contributed by atoms with van der Waals surface area (Å²) in [5, 5.41) is 0. The van der Waals surface area contributed by atoms with E-state index in [2.05, 4.69) is 20.8 Å². The van der Waals surface area contributed by atoms with Gasteiger partial charge in [-0.15, -0.1) is 0 Å². The largest absolute Gasteiger partial charge is 0.299 e. The number of ketones is 1. The molecule has 0 heterocycles. The fraction of sp³-hybridized carbons (Fsp3) is 0.923. The van der Waals surface area contributed by atoms with Gasteiger partial charge in [-0.05, 0) is 36.5 Å². The third kappa shape index (κ3) is 1.51. The molecule has 80 valence electrons. The third-order valence-corrected chi connectivity index (χ3v) is 4.61. The molecule has 2 aliphatic carbocycles. The van der Waals surface area contributed by atoms with Crippen molar-refractivity contribution in [3.63, 3.8) is 0 Å². The highest BCUT2D eigenvalue weighted by Gasteiger charge is 2.46. The van der Waals surface area contributed by atoms with Crippen LogP contribution in [0.15, 0.2) is 0 Å². The number of fused-ring (bicyclic) bond motifs is 1. The van der Waals surface area contributed by atoms with Gasteiger partial charge in [0, 0.05) is 12.3 Å². The van der Waals surface area contributed by atoms with Crippen LogP contribution in [0.5, 0.6) is 0 Å². The van der Waals surface area contributed by atoms with Gasteiger partial charge < -0.3 is 0 Å². The molecule has 2 fully saturated rings. The van der Waals surface area contributed by atoms with Crippen molar-refractivity contribution in [2.24, 2.45) is 23.2 Å². The Morgan fingerprint density at radius 3 is 2.64 bits per heavy atom. The molecule has 1 nitrogen and oxygen atoms in total. The first-order chi connectivity index (χ1) is 6.52. The Morgan fingerprint density at radius 2 is 2.00 bits per heavy atom. The van der Waals surface area contributed by atoms with Crippen LogP contribution < -0.4 is 0 Å². The predicted molar refractivity (Wildman–Crippen MR) is 58.0 cm³/mol. The topological polar surface area (TPSA) is 17.1 Å². The summed E-state index contributed by atoms with van der Waals surface area (Å²) in [5.74, 6) is 2.27. The molecule has 0 saturated heterocycles. The zero-order chi connectivity index (χ0) is 10.3. The summed E-state index contributed by atoms with van der Waals surface area (Å²) in [6.45, 7) is 6.99. The van der Waals surface area contributed by atoms with Gasteiger partial charge in [-0.1, -0.05) is 27.2 Å². The van der Waals surface area contributed by atoms with E-state index in [1.54, 1.807) is 0 Å². The van der Waals surface area contributed by atoms with Crippen molar-refractivity contribution < 1.29 is 4.79 Å². The van der Waals surface area contributed by atoms with Crippen LogP contribution in [0.3, 0.4) is 0 Å². The maximum absolute atomic E-state index is 11.9. The lowest BCUT2D eigenvalue weighted by Crippen LogP contribution is -2.45. The Hall–Kier alpha value is -0.330. The highest BCUT2D eigenvalue weighted by molar-refractivity contribution is 5.82. The lowest BCUT2D eigenvalue weighted by Gasteiger charge is -2.48. The number of hydrogen-bond donors (Lipinski definition) is 0. The van der Waals surface area contributed by atoms with E-state index in [9.17, 15) is 4.79 Å². The average Bonchev–Trinajstić information content (AvgIpc) is 2.12. The molecule has 0 bridgehead atoms. The van der Waals surface area contributed by atoms with Gasteiger partial charge in [0.05, 0.1) is 0 Å². The van der Waals surface area contributed by atoms with Gasteiger partial charge in [0.15, 0.2) is 0 Å². The standard InChI is InChI=1S/C13H22O/c1-9-5-4-6-10-12(9)11(14)7-8-13(10,2)3/h9-10,12H,4-8H2,1-3H3/t9-,10+,12-/m1/s1. The van der Waals surface area contributed by atoms with Crippen molar-refractivity contribution in [2.45, 2.75) is 52.9 Å². The van der Waals surface area contributed by atoms with Crippen LogP contribution in [0.4, 0.5) is 0 Å². The molecule has 2 aliphatic rings. The summed E-state index contributed by atoms with van der Waals surface area (Å²) < 4.78 is 0. The zero-order valence-corrected chi connectivity index (χ0v) is 9.68. The van der Waals surface area contributed by atoms with Crippen molar-refractivity contribution in [1.82, 2.24) is 0 Å². The molecule has 1 heteroatoms. The van der Waals surface area contributed by atoms with E-state index in [4.69, 9.17) is 0 Å². The van der Waals surface area contributed by atoms with Crippen molar-refractivity contribution in [2.75, 3.05) is 0 Å². The second-order valence-electron chi connectivity index (χ2n) is 6.00. The van der Waals surface area contributed by atoms with Gasteiger partial charge in [-0.2, -0.15) is 0 Å². The summed E-state index contributed by atoms with van der Waals surface area (Å²) >= 11 is 0. The number of carbonyl (C=O) groups excluding carboxylic acids is 1. The number of Topliss-reactive ketones (excluding diaryl/α,β-unsaturated/α-hetero) is 1. The Bertz CT molecular complexity index is 242. The van der Waals surface area contributed by atoms with E-state index >= 15 is 0 Å². The quantitative estimate of drug-likeness (QED) is 0.577. The van der Waals surface area contributed by atoms with Gasteiger partial charge in [0.25, 0.3) is 0 Å². The molecule has 0 unspecified atom stereocenters. The van der Waals surface area contributed by atoms with Crippen LogP contribution in [0.1, 0.15) is 52.9 Å². The lowest BCUT2D eigenvalue weighted by molar-refractivity contribution is -0.136. The highest BCUT2D eigenvalue weighted by Crippen LogP contribution is 2.50. The highest BCUT2D eigenvalue weighted by atomic mass is 16.1. The first-order valence-corrected chi connectivity index (χ1v) is 6.05. The summed E-state index contributed by atoms with van der Waals surface area (Å²) in [6.07, 6.45) is 5.83. The van der Waals surface area contributed by atoms with Crippen LogP contribution in [-0.2, 0) is 4.79 Å². The molecule has 0 N–H and O–H groups in total. The molecule has 0 spiro atoms. The smallest absolute Gasteiger partial charge is 0.136 e. The first kappa shape index (κ1) is 10.2. The normalized spacial score (nSPS) is 41.9. The molecule has 0 aliphatic heterocycles. The number of rotatable bonds is 0. The average molecular weight is 194 g/mol. The molecule has 2 saturated carbocycles. The maximum Gasteiger partial charge on any atom is 0.136 e. The minimum absolute atomic E-state index is 0.396. The fourth-order valence-electron chi connectivity index (χ4n) is 3.63. The first-order valence-electron chi connectivity index (χ1n) is 6.05. The van der Waals surface area contributed by atoms with Crippen LogP contribution in [0.25, 0.3) is 0 Å². The van der Waals surface area contributed by atoms with Gasteiger partial charge in [0.2, 0.25) is 0 Å². The Labute approximate surface area is 87.3 Å². The summed E-state index contributed by atoms with van der Waals surface area (Å²) in [5.41, 5.74) is 0.410. The second-order valence-corrected chi connectivity index (χ2v) is 6.00. The van der Waals surface area contributed by atoms with Crippen LogP contribution in [0, 0.1) is 23.2 Å². The van der Waals surface area contributed by atoms with Gasteiger partial charge in [-0.25, -0.2) is 0 Å². The molecular weight excluding hydrogens is 172 g/mol. The molecule has 3 atom stereocenters. The molecule has 2 rings (SSSR count). The molecule has 14 heavy (non-hydrogen) atoms. The van der Waals surface area contributed by atoms with E-state index in [0.29, 0.717) is 29.0 Å². The third-order valence-electron chi connectivity index (χ3n) is 4.61. The van der Waals surface area contributed by atoms with Crippen molar-refractivity contribution in [1.29, 1.82) is 0 Å². The maximum atomic E-state index is 11.9. The Morgan fingerprint density at radius 1 is 1.29 bits per heavy atom. The second kappa shape index (κ2) is 3.36.